The van der Waals surface area contributed by atoms with Crippen LogP contribution in [-0.4, -0.2) is 73.5 Å². The fourth-order valence-electron chi connectivity index (χ4n) is 5.07. The smallest absolute Gasteiger partial charge is 0.318 e. The molecule has 4 heterocycles. The highest BCUT2D eigenvalue weighted by Gasteiger charge is 2.43. The maximum atomic E-state index is 14.3. The Balaban J connectivity index is 1.29. The highest BCUT2D eigenvalue weighted by Crippen LogP contribution is 2.40. The molecule has 2 saturated carbocycles. The molecule has 0 bridgehead atoms. The zero-order valence-corrected chi connectivity index (χ0v) is 23.3. The minimum atomic E-state index is -3.07. The number of carbonyl (C=O) groups excluding carboxylic acids is 2. The van der Waals surface area contributed by atoms with Gasteiger partial charge in [0, 0.05) is 11.5 Å². The van der Waals surface area contributed by atoms with Crippen molar-refractivity contribution in [1.29, 1.82) is 0 Å². The molecule has 220 valence electrons. The van der Waals surface area contributed by atoms with Crippen molar-refractivity contribution in [2.45, 2.75) is 82.9 Å². The molecule has 3 aromatic heterocycles. The molecule has 3 aliphatic rings. The number of nitrogens with one attached hydrogen (secondary N) is 2. The number of imidazole rings is 1. The first-order valence-corrected chi connectivity index (χ1v) is 14.0. The van der Waals surface area contributed by atoms with Crippen LogP contribution in [0.4, 0.5) is 13.6 Å². The number of fused-ring (bicyclic) bond motifs is 1. The predicted molar refractivity (Wildman–Crippen MR) is 140 cm³/mol. The van der Waals surface area contributed by atoms with Gasteiger partial charge in [-0.15, -0.1) is 0 Å². The monoisotopic (exact) mass is 572 g/mol. The molecule has 6 rings (SSSR count). The predicted octanol–water partition coefficient (Wildman–Crippen LogP) is 3.78. The second-order valence-electron chi connectivity index (χ2n) is 12.5. The molecule has 1 aliphatic heterocycles. The van der Waals surface area contributed by atoms with Crippen molar-refractivity contribution in [3.8, 4) is 0 Å². The topological polar surface area (TPSA) is 140 Å². The van der Waals surface area contributed by atoms with Crippen LogP contribution < -0.4 is 10.6 Å². The van der Waals surface area contributed by atoms with Crippen LogP contribution in [0.1, 0.15) is 98.3 Å². The van der Waals surface area contributed by atoms with Crippen molar-refractivity contribution in [2.75, 3.05) is 19.7 Å². The third kappa shape index (κ3) is 6.31. The van der Waals surface area contributed by atoms with Crippen molar-refractivity contribution in [1.82, 2.24) is 40.4 Å². The van der Waals surface area contributed by atoms with E-state index in [1.807, 2.05) is 0 Å². The number of nitrogens with zero attached hydrogens (tertiary/aromatic N) is 6. The number of rotatable bonds is 10. The normalized spacial score (nSPS) is 20.6. The fraction of sp³-hybridized carbons (Fsp3) is 0.630. The van der Waals surface area contributed by atoms with Gasteiger partial charge in [0.15, 0.2) is 11.3 Å². The zero-order chi connectivity index (χ0) is 28.9. The lowest BCUT2D eigenvalue weighted by molar-refractivity contribution is -0.0541. The van der Waals surface area contributed by atoms with E-state index in [9.17, 15) is 18.4 Å². The number of halogens is 2. The fourth-order valence-corrected chi connectivity index (χ4v) is 5.07. The Bertz CT molecular complexity index is 1440. The summed E-state index contributed by atoms with van der Waals surface area (Å²) in [7, 11) is 0. The molecule has 2 atom stereocenters. The molecular weight excluding hydrogens is 538 g/mol. The van der Waals surface area contributed by atoms with E-state index in [-0.39, 0.29) is 35.6 Å². The van der Waals surface area contributed by atoms with Gasteiger partial charge in [-0.25, -0.2) is 27.7 Å². The highest BCUT2D eigenvalue weighted by molar-refractivity contribution is 5.93. The van der Waals surface area contributed by atoms with Crippen LogP contribution in [0.2, 0.25) is 0 Å². The summed E-state index contributed by atoms with van der Waals surface area (Å²) < 4.78 is 40.9. The van der Waals surface area contributed by atoms with Gasteiger partial charge in [-0.3, -0.25) is 4.79 Å². The summed E-state index contributed by atoms with van der Waals surface area (Å²) in [5, 5.41) is 17.6. The average Bonchev–Trinajstić information content (AvgIpc) is 3.83. The largest absolute Gasteiger partial charge is 0.376 e. The summed E-state index contributed by atoms with van der Waals surface area (Å²) in [6.45, 7) is 4.84. The number of aromatic nitrogens is 5. The molecule has 14 heteroatoms. The molecular formula is C27H34F2N8O4. The van der Waals surface area contributed by atoms with Crippen LogP contribution in [-0.2, 0) is 4.74 Å². The zero-order valence-electron chi connectivity index (χ0n) is 23.3. The van der Waals surface area contributed by atoms with Gasteiger partial charge in [0.25, 0.3) is 11.8 Å². The van der Waals surface area contributed by atoms with Crippen molar-refractivity contribution in [3.05, 3.63) is 41.1 Å². The Morgan fingerprint density at radius 1 is 1.27 bits per heavy atom. The van der Waals surface area contributed by atoms with Crippen LogP contribution in [0.15, 0.2) is 23.1 Å². The quantitative estimate of drug-likeness (QED) is 0.374. The molecule has 0 spiro atoms. The van der Waals surface area contributed by atoms with Gasteiger partial charge in [0.2, 0.25) is 0 Å². The number of alkyl halides is 2. The third-order valence-corrected chi connectivity index (χ3v) is 7.47. The lowest BCUT2D eigenvalue weighted by Crippen LogP contribution is -2.58. The summed E-state index contributed by atoms with van der Waals surface area (Å²) in [4.78, 5) is 31.7. The Kier molecular flexibility index (Phi) is 6.91. The van der Waals surface area contributed by atoms with E-state index in [1.54, 1.807) is 23.0 Å². The van der Waals surface area contributed by atoms with Crippen LogP contribution in [0.3, 0.4) is 0 Å². The molecule has 2 unspecified atom stereocenters. The van der Waals surface area contributed by atoms with Gasteiger partial charge in [0.1, 0.15) is 5.69 Å². The SMILES string of the molecule is CC(C)(C)CC(NC(=O)c1nonc1C1CC1)c1cn2ncc(C(COC3CC3)N3CC(F)(F)CNC3=O)cc2n1. The van der Waals surface area contributed by atoms with E-state index in [0.29, 0.717) is 29.0 Å². The molecule has 3 fully saturated rings. The number of carbonyl (C=O) groups is 2. The summed E-state index contributed by atoms with van der Waals surface area (Å²) in [6.07, 6.45) is 7.62. The van der Waals surface area contributed by atoms with E-state index < -0.39 is 37.1 Å². The summed E-state index contributed by atoms with van der Waals surface area (Å²) in [5.41, 5.74) is 2.16. The number of ether oxygens (including phenoxy) is 1. The lowest BCUT2D eigenvalue weighted by atomic mass is 9.87. The first-order chi connectivity index (χ1) is 19.5. The van der Waals surface area contributed by atoms with Crippen molar-refractivity contribution < 1.29 is 27.7 Å². The second-order valence-corrected chi connectivity index (χ2v) is 12.5. The standard InChI is InChI=1S/C27H34F2N8O4/c1-26(2,3)9-18(33-24(38)23-22(15-4-5-15)34-41-35-23)19-11-37-21(32-19)8-16(10-31-37)20(12-40-17-6-7-17)36-14-27(28,29)13-30-25(36)39/h8,10-11,15,17-18,20H,4-7,9,12-14H2,1-3H3,(H,30,39)(H,33,38). The number of amides is 3. The first kappa shape index (κ1) is 27.5. The van der Waals surface area contributed by atoms with Crippen LogP contribution in [0.25, 0.3) is 5.65 Å². The molecule has 1 saturated heterocycles. The van der Waals surface area contributed by atoms with Gasteiger partial charge in [-0.1, -0.05) is 25.9 Å². The van der Waals surface area contributed by atoms with Gasteiger partial charge in [-0.2, -0.15) is 5.10 Å². The molecule has 41 heavy (non-hydrogen) atoms. The maximum Gasteiger partial charge on any atom is 0.318 e. The number of hydrogen-bond donors (Lipinski definition) is 2. The molecule has 0 aromatic carbocycles. The van der Waals surface area contributed by atoms with E-state index in [0.717, 1.165) is 30.6 Å². The van der Waals surface area contributed by atoms with Crippen LogP contribution in [0, 0.1) is 5.41 Å². The minimum absolute atomic E-state index is 0.0668. The van der Waals surface area contributed by atoms with Gasteiger partial charge in [0.05, 0.1) is 56.0 Å². The van der Waals surface area contributed by atoms with Gasteiger partial charge >= 0.3 is 6.03 Å². The maximum absolute atomic E-state index is 14.3. The Labute approximate surface area is 235 Å². The molecule has 2 N–H and O–H groups in total. The summed E-state index contributed by atoms with van der Waals surface area (Å²) in [6, 6.07) is -0.104. The number of hydrogen-bond acceptors (Lipinski definition) is 8. The summed E-state index contributed by atoms with van der Waals surface area (Å²) >= 11 is 0. The Morgan fingerprint density at radius 3 is 2.76 bits per heavy atom. The average molecular weight is 573 g/mol. The Morgan fingerprint density at radius 2 is 2.05 bits per heavy atom. The molecule has 0 radical (unpaired) electrons. The van der Waals surface area contributed by atoms with E-state index in [1.165, 1.54) is 0 Å². The second kappa shape index (κ2) is 10.3. The summed E-state index contributed by atoms with van der Waals surface area (Å²) in [5.74, 6) is -3.26. The van der Waals surface area contributed by atoms with E-state index in [2.05, 4.69) is 46.8 Å². The molecule has 3 amide bonds. The molecule has 12 nitrogen and oxygen atoms in total. The Hall–Kier alpha value is -3.68. The van der Waals surface area contributed by atoms with Crippen LogP contribution >= 0.6 is 0 Å². The van der Waals surface area contributed by atoms with Crippen molar-refractivity contribution in [3.63, 3.8) is 0 Å². The minimum Gasteiger partial charge on any atom is -0.376 e. The molecule has 3 aromatic rings. The lowest BCUT2D eigenvalue weighted by Gasteiger charge is -2.38. The highest BCUT2D eigenvalue weighted by atomic mass is 19.3. The van der Waals surface area contributed by atoms with E-state index in [4.69, 9.17) is 14.3 Å². The number of urea groups is 1. The van der Waals surface area contributed by atoms with Crippen molar-refractivity contribution >= 4 is 17.6 Å². The first-order valence-electron chi connectivity index (χ1n) is 14.0. The van der Waals surface area contributed by atoms with Crippen LogP contribution in [0.5, 0.6) is 0 Å². The van der Waals surface area contributed by atoms with Gasteiger partial charge in [-0.05, 0) is 48.7 Å². The molecule has 2 aliphatic carbocycles. The van der Waals surface area contributed by atoms with Gasteiger partial charge < -0.3 is 20.3 Å². The van der Waals surface area contributed by atoms with Crippen molar-refractivity contribution in [2.24, 2.45) is 5.41 Å². The van der Waals surface area contributed by atoms with E-state index >= 15 is 0 Å². The third-order valence-electron chi connectivity index (χ3n) is 7.47.